The third-order valence-corrected chi connectivity index (χ3v) is 5.54. The molecule has 0 saturated heterocycles. The number of benzene rings is 1. The van der Waals surface area contributed by atoms with Crippen LogP contribution >= 0.6 is 0 Å². The normalized spacial score (nSPS) is 19.5. The van der Waals surface area contributed by atoms with Crippen LogP contribution in [0.3, 0.4) is 0 Å². The van der Waals surface area contributed by atoms with E-state index in [9.17, 15) is 12.8 Å². The summed E-state index contributed by atoms with van der Waals surface area (Å²) >= 11 is 0. The van der Waals surface area contributed by atoms with Gasteiger partial charge in [0.25, 0.3) is 0 Å². The minimum Gasteiger partial charge on any atom is -0.329 e. The lowest BCUT2D eigenvalue weighted by Gasteiger charge is -2.32. The summed E-state index contributed by atoms with van der Waals surface area (Å²) in [5.74, 6) is -0.735. The van der Waals surface area contributed by atoms with E-state index in [1.807, 2.05) is 0 Å². The number of hydrogen-bond donors (Lipinski definition) is 2. The van der Waals surface area contributed by atoms with E-state index in [-0.39, 0.29) is 11.4 Å². The summed E-state index contributed by atoms with van der Waals surface area (Å²) in [4.78, 5) is -0.308. The highest BCUT2D eigenvalue weighted by molar-refractivity contribution is 7.89. The minimum atomic E-state index is -3.88. The lowest BCUT2D eigenvalue weighted by atomic mass is 9.92. The number of nitrogens with two attached hydrogens (primary N) is 1. The van der Waals surface area contributed by atoms with Gasteiger partial charge in [-0.2, -0.15) is 0 Å². The lowest BCUT2D eigenvalue weighted by Crippen LogP contribution is -2.53. The van der Waals surface area contributed by atoms with Gasteiger partial charge in [0.15, 0.2) is 0 Å². The second-order valence-corrected chi connectivity index (χ2v) is 7.09. The molecule has 112 valence electrons. The van der Waals surface area contributed by atoms with Gasteiger partial charge in [0.1, 0.15) is 10.7 Å². The summed E-state index contributed by atoms with van der Waals surface area (Å²) < 4.78 is 41.1. The molecule has 1 aliphatic rings. The van der Waals surface area contributed by atoms with Crippen LogP contribution in [-0.2, 0) is 10.0 Å². The lowest BCUT2D eigenvalue weighted by molar-refractivity contribution is 0.342. The van der Waals surface area contributed by atoms with Gasteiger partial charge in [0.05, 0.1) is 0 Å². The molecule has 0 spiro atoms. The number of sulfonamides is 1. The van der Waals surface area contributed by atoms with Crippen molar-refractivity contribution in [1.82, 2.24) is 4.72 Å². The molecule has 0 atom stereocenters. The summed E-state index contributed by atoms with van der Waals surface area (Å²) in [7, 11) is -3.88. The van der Waals surface area contributed by atoms with E-state index in [0.29, 0.717) is 12.8 Å². The fraction of sp³-hybridized carbons (Fsp3) is 0.571. The monoisotopic (exact) mass is 300 g/mol. The Morgan fingerprint density at radius 3 is 2.30 bits per heavy atom. The average molecular weight is 300 g/mol. The predicted octanol–water partition coefficient (Wildman–Crippen LogP) is 2.16. The highest BCUT2D eigenvalue weighted by Gasteiger charge is 2.35. The molecule has 1 saturated carbocycles. The third kappa shape index (κ3) is 3.37. The zero-order valence-electron chi connectivity index (χ0n) is 11.4. The molecule has 1 aromatic rings. The molecular weight excluding hydrogens is 279 g/mol. The maximum atomic E-state index is 13.7. The van der Waals surface area contributed by atoms with Gasteiger partial charge in [-0.05, 0) is 25.0 Å². The van der Waals surface area contributed by atoms with Gasteiger partial charge < -0.3 is 5.73 Å². The van der Waals surface area contributed by atoms with Crippen LogP contribution < -0.4 is 10.5 Å². The maximum absolute atomic E-state index is 13.7. The first-order valence-corrected chi connectivity index (χ1v) is 8.46. The molecule has 20 heavy (non-hydrogen) atoms. The standard InChI is InChI=1S/C14H21FN2O2S/c15-12-7-3-4-8-13(12)20(18,19)17-14(11-16)9-5-1-2-6-10-14/h3-4,7-8,17H,1-2,5-6,9-11,16H2. The van der Waals surface area contributed by atoms with Crippen LogP contribution in [0.4, 0.5) is 4.39 Å². The van der Waals surface area contributed by atoms with Crippen LogP contribution in [0.1, 0.15) is 38.5 Å². The van der Waals surface area contributed by atoms with Crippen molar-refractivity contribution in [3.63, 3.8) is 0 Å². The topological polar surface area (TPSA) is 72.2 Å². The molecule has 3 N–H and O–H groups in total. The molecular formula is C14H21FN2O2S. The SMILES string of the molecule is NCC1(NS(=O)(=O)c2ccccc2F)CCCCCC1. The van der Waals surface area contributed by atoms with E-state index in [0.717, 1.165) is 31.7 Å². The van der Waals surface area contributed by atoms with Crippen molar-refractivity contribution in [3.8, 4) is 0 Å². The Hall–Kier alpha value is -0.980. The van der Waals surface area contributed by atoms with Crippen molar-refractivity contribution in [2.75, 3.05) is 6.54 Å². The second-order valence-electron chi connectivity index (χ2n) is 5.43. The van der Waals surface area contributed by atoms with Crippen LogP contribution in [-0.4, -0.2) is 20.5 Å². The fourth-order valence-electron chi connectivity index (χ4n) is 2.76. The Labute approximate surface area is 119 Å². The Morgan fingerprint density at radius 2 is 1.75 bits per heavy atom. The van der Waals surface area contributed by atoms with E-state index < -0.39 is 21.4 Å². The molecule has 1 aromatic carbocycles. The van der Waals surface area contributed by atoms with E-state index >= 15 is 0 Å². The third-order valence-electron chi connectivity index (χ3n) is 3.93. The molecule has 4 nitrogen and oxygen atoms in total. The van der Waals surface area contributed by atoms with Gasteiger partial charge >= 0.3 is 0 Å². The summed E-state index contributed by atoms with van der Waals surface area (Å²) in [5.41, 5.74) is 5.17. The molecule has 0 radical (unpaired) electrons. The smallest absolute Gasteiger partial charge is 0.244 e. The Morgan fingerprint density at radius 1 is 1.15 bits per heavy atom. The van der Waals surface area contributed by atoms with Gasteiger partial charge in [0.2, 0.25) is 10.0 Å². The largest absolute Gasteiger partial charge is 0.329 e. The minimum absolute atomic E-state index is 0.237. The van der Waals surface area contributed by atoms with Crippen molar-refractivity contribution < 1.29 is 12.8 Å². The van der Waals surface area contributed by atoms with Crippen molar-refractivity contribution in [1.29, 1.82) is 0 Å². The molecule has 0 unspecified atom stereocenters. The van der Waals surface area contributed by atoms with Crippen LogP contribution in [0.25, 0.3) is 0 Å². The molecule has 0 heterocycles. The summed E-state index contributed by atoms with van der Waals surface area (Å²) in [6, 6.07) is 5.41. The highest BCUT2D eigenvalue weighted by atomic mass is 32.2. The fourth-order valence-corrected chi connectivity index (χ4v) is 4.31. The molecule has 0 amide bonds. The van der Waals surface area contributed by atoms with Crippen LogP contribution in [0.15, 0.2) is 29.2 Å². The zero-order chi connectivity index (χ0) is 14.6. The van der Waals surface area contributed by atoms with Gasteiger partial charge in [-0.3, -0.25) is 0 Å². The van der Waals surface area contributed by atoms with E-state index in [1.165, 1.54) is 18.2 Å². The molecule has 1 fully saturated rings. The van der Waals surface area contributed by atoms with E-state index in [4.69, 9.17) is 5.73 Å². The van der Waals surface area contributed by atoms with E-state index in [2.05, 4.69) is 4.72 Å². The number of rotatable bonds is 4. The summed E-state index contributed by atoms with van der Waals surface area (Å²) in [6.07, 6.45) is 5.47. The van der Waals surface area contributed by atoms with Gasteiger partial charge in [0, 0.05) is 12.1 Å². The molecule has 6 heteroatoms. The van der Waals surface area contributed by atoms with Gasteiger partial charge in [-0.15, -0.1) is 0 Å². The number of hydrogen-bond acceptors (Lipinski definition) is 3. The molecule has 0 bridgehead atoms. The molecule has 1 aliphatic carbocycles. The predicted molar refractivity (Wildman–Crippen MR) is 76.2 cm³/mol. The Kier molecular flexibility index (Phi) is 4.78. The van der Waals surface area contributed by atoms with E-state index in [1.54, 1.807) is 0 Å². The van der Waals surface area contributed by atoms with Crippen LogP contribution in [0, 0.1) is 5.82 Å². The van der Waals surface area contributed by atoms with Gasteiger partial charge in [-0.1, -0.05) is 37.8 Å². The first-order valence-electron chi connectivity index (χ1n) is 6.98. The first-order chi connectivity index (χ1) is 9.49. The Bertz CT molecular complexity index is 552. The van der Waals surface area contributed by atoms with Gasteiger partial charge in [-0.25, -0.2) is 17.5 Å². The number of halogens is 1. The maximum Gasteiger partial charge on any atom is 0.244 e. The summed E-state index contributed by atoms with van der Waals surface area (Å²) in [5, 5.41) is 0. The first kappa shape index (κ1) is 15.4. The highest BCUT2D eigenvalue weighted by Crippen LogP contribution is 2.28. The quantitative estimate of drug-likeness (QED) is 0.837. The van der Waals surface area contributed by atoms with Crippen LogP contribution in [0.5, 0.6) is 0 Å². The van der Waals surface area contributed by atoms with Crippen LogP contribution in [0.2, 0.25) is 0 Å². The van der Waals surface area contributed by atoms with Crippen molar-refractivity contribution in [3.05, 3.63) is 30.1 Å². The van der Waals surface area contributed by atoms with Crippen molar-refractivity contribution >= 4 is 10.0 Å². The summed E-state index contributed by atoms with van der Waals surface area (Å²) in [6.45, 7) is 0.237. The number of nitrogens with one attached hydrogen (secondary N) is 1. The molecule has 0 aromatic heterocycles. The van der Waals surface area contributed by atoms with Crippen molar-refractivity contribution in [2.45, 2.75) is 49.0 Å². The average Bonchev–Trinajstić information content (AvgIpc) is 2.64. The second kappa shape index (κ2) is 6.20. The zero-order valence-corrected chi connectivity index (χ0v) is 12.3. The molecule has 2 rings (SSSR count). The van der Waals surface area contributed by atoms with Crippen molar-refractivity contribution in [2.24, 2.45) is 5.73 Å². The Balaban J connectivity index is 2.28. The molecule has 0 aliphatic heterocycles.